The molecule has 1 N–H and O–H groups in total. The van der Waals surface area contributed by atoms with Crippen molar-refractivity contribution >= 4 is 11.9 Å². The van der Waals surface area contributed by atoms with Crippen molar-refractivity contribution in [1.82, 2.24) is 0 Å². The van der Waals surface area contributed by atoms with E-state index in [2.05, 4.69) is 0 Å². The van der Waals surface area contributed by atoms with E-state index in [4.69, 9.17) is 24.1 Å². The SMILES string of the molecule is COc1cc2c(c(OC)c1OC)C(c1ccc(C(=O)O)cc1)CC(=O)O2. The second-order valence-corrected chi connectivity index (χ2v) is 5.72. The second kappa shape index (κ2) is 6.95. The summed E-state index contributed by atoms with van der Waals surface area (Å²) in [5, 5.41) is 9.07. The highest BCUT2D eigenvalue weighted by molar-refractivity contribution is 5.87. The zero-order valence-corrected chi connectivity index (χ0v) is 14.6. The molecule has 1 heterocycles. The van der Waals surface area contributed by atoms with Crippen molar-refractivity contribution in [3.8, 4) is 23.0 Å². The molecule has 7 heteroatoms. The molecule has 0 spiro atoms. The number of fused-ring (bicyclic) bond motifs is 1. The van der Waals surface area contributed by atoms with Gasteiger partial charge < -0.3 is 24.1 Å². The Hall–Kier alpha value is -3.22. The van der Waals surface area contributed by atoms with Gasteiger partial charge in [-0.3, -0.25) is 4.79 Å². The van der Waals surface area contributed by atoms with Crippen LogP contribution in [0.2, 0.25) is 0 Å². The Kier molecular flexibility index (Phi) is 4.71. The number of ether oxygens (including phenoxy) is 4. The predicted octanol–water partition coefficient (Wildman–Crippen LogP) is 2.85. The van der Waals surface area contributed by atoms with Gasteiger partial charge in [-0.2, -0.15) is 0 Å². The van der Waals surface area contributed by atoms with Crippen LogP contribution in [0, 0.1) is 0 Å². The van der Waals surface area contributed by atoms with Gasteiger partial charge in [0.2, 0.25) is 5.75 Å². The van der Waals surface area contributed by atoms with E-state index in [1.54, 1.807) is 18.2 Å². The number of rotatable bonds is 5. The first kappa shape index (κ1) is 17.6. The standard InChI is InChI=1S/C19H18O7/c1-23-14-9-13-16(18(25-3)17(14)24-2)12(8-15(20)26-13)10-4-6-11(7-5-10)19(21)22/h4-7,9,12H,8H2,1-3H3,(H,21,22). The third-order valence-electron chi connectivity index (χ3n) is 4.33. The van der Waals surface area contributed by atoms with Gasteiger partial charge in [-0.1, -0.05) is 12.1 Å². The van der Waals surface area contributed by atoms with Crippen molar-refractivity contribution < 1.29 is 33.6 Å². The molecule has 26 heavy (non-hydrogen) atoms. The lowest BCUT2D eigenvalue weighted by Gasteiger charge is -2.28. The third-order valence-corrected chi connectivity index (χ3v) is 4.33. The summed E-state index contributed by atoms with van der Waals surface area (Å²) in [4.78, 5) is 23.2. The van der Waals surface area contributed by atoms with Crippen LogP contribution in [-0.4, -0.2) is 38.4 Å². The van der Waals surface area contributed by atoms with Crippen molar-refractivity contribution in [2.45, 2.75) is 12.3 Å². The van der Waals surface area contributed by atoms with Crippen molar-refractivity contribution in [3.05, 3.63) is 47.0 Å². The highest BCUT2D eigenvalue weighted by atomic mass is 16.5. The van der Waals surface area contributed by atoms with Gasteiger partial charge in [0.1, 0.15) is 5.75 Å². The third kappa shape index (κ3) is 2.92. The van der Waals surface area contributed by atoms with Gasteiger partial charge in [0.15, 0.2) is 11.5 Å². The van der Waals surface area contributed by atoms with Crippen LogP contribution in [0.25, 0.3) is 0 Å². The molecule has 0 bridgehead atoms. The summed E-state index contributed by atoms with van der Waals surface area (Å²) in [6, 6.07) is 7.97. The van der Waals surface area contributed by atoms with Gasteiger partial charge in [-0.25, -0.2) is 4.79 Å². The van der Waals surface area contributed by atoms with Gasteiger partial charge in [-0.05, 0) is 17.7 Å². The van der Waals surface area contributed by atoms with Crippen molar-refractivity contribution in [3.63, 3.8) is 0 Å². The number of esters is 1. The van der Waals surface area contributed by atoms with E-state index in [0.717, 1.165) is 5.56 Å². The van der Waals surface area contributed by atoms with Crippen LogP contribution < -0.4 is 18.9 Å². The predicted molar refractivity (Wildman–Crippen MR) is 91.6 cm³/mol. The lowest BCUT2D eigenvalue weighted by molar-refractivity contribution is -0.135. The average Bonchev–Trinajstić information content (AvgIpc) is 2.65. The first-order valence-electron chi connectivity index (χ1n) is 7.87. The molecule has 0 fully saturated rings. The zero-order valence-electron chi connectivity index (χ0n) is 14.6. The van der Waals surface area contributed by atoms with Gasteiger partial charge in [0, 0.05) is 17.5 Å². The fraction of sp³-hybridized carbons (Fsp3) is 0.263. The molecule has 3 rings (SSSR count). The number of carboxylic acids is 1. The number of benzene rings is 2. The van der Waals surface area contributed by atoms with E-state index >= 15 is 0 Å². The van der Waals surface area contributed by atoms with E-state index in [0.29, 0.717) is 28.6 Å². The first-order chi connectivity index (χ1) is 12.5. The summed E-state index contributed by atoms with van der Waals surface area (Å²) < 4.78 is 21.6. The van der Waals surface area contributed by atoms with Crippen LogP contribution in [-0.2, 0) is 4.79 Å². The Morgan fingerprint density at radius 3 is 2.27 bits per heavy atom. The van der Waals surface area contributed by atoms with Crippen LogP contribution in [0.4, 0.5) is 0 Å². The highest BCUT2D eigenvalue weighted by Gasteiger charge is 2.35. The summed E-state index contributed by atoms with van der Waals surface area (Å²) in [5.74, 6) is -0.215. The summed E-state index contributed by atoms with van der Waals surface area (Å²) in [6.45, 7) is 0. The van der Waals surface area contributed by atoms with Gasteiger partial charge in [0.05, 0.1) is 33.3 Å². The molecule has 2 aromatic carbocycles. The molecule has 1 unspecified atom stereocenters. The Labute approximate surface area is 150 Å². The van der Waals surface area contributed by atoms with E-state index < -0.39 is 5.97 Å². The number of carbonyl (C=O) groups excluding carboxylic acids is 1. The smallest absolute Gasteiger partial charge is 0.335 e. The summed E-state index contributed by atoms with van der Waals surface area (Å²) >= 11 is 0. The second-order valence-electron chi connectivity index (χ2n) is 5.72. The van der Waals surface area contributed by atoms with Crippen LogP contribution in [0.1, 0.15) is 33.8 Å². The van der Waals surface area contributed by atoms with Crippen LogP contribution in [0.15, 0.2) is 30.3 Å². The monoisotopic (exact) mass is 358 g/mol. The molecular weight excluding hydrogens is 340 g/mol. The van der Waals surface area contributed by atoms with E-state index in [1.807, 2.05) is 0 Å². The minimum absolute atomic E-state index is 0.102. The normalized spacial score (nSPS) is 15.7. The summed E-state index contributed by atoms with van der Waals surface area (Å²) in [6.07, 6.45) is 0.102. The molecule has 0 saturated carbocycles. The van der Waals surface area contributed by atoms with Crippen LogP contribution in [0.5, 0.6) is 23.0 Å². The molecule has 0 aliphatic carbocycles. The number of aromatic carboxylic acids is 1. The Bertz CT molecular complexity index is 855. The molecule has 1 aliphatic heterocycles. The first-order valence-corrected chi connectivity index (χ1v) is 7.87. The lowest BCUT2D eigenvalue weighted by atomic mass is 9.85. The van der Waals surface area contributed by atoms with Gasteiger partial charge in [-0.15, -0.1) is 0 Å². The number of hydrogen-bond acceptors (Lipinski definition) is 6. The maximum Gasteiger partial charge on any atom is 0.335 e. The number of hydrogen-bond donors (Lipinski definition) is 1. The topological polar surface area (TPSA) is 91.3 Å². The minimum atomic E-state index is -1.01. The summed E-state index contributed by atoms with van der Waals surface area (Å²) in [7, 11) is 4.48. The Morgan fingerprint density at radius 1 is 1.08 bits per heavy atom. The van der Waals surface area contributed by atoms with E-state index in [1.165, 1.54) is 33.5 Å². The molecule has 2 aromatic rings. The number of methoxy groups -OCH3 is 3. The molecular formula is C19H18O7. The fourth-order valence-corrected chi connectivity index (χ4v) is 3.15. The number of carbonyl (C=O) groups is 2. The average molecular weight is 358 g/mol. The van der Waals surface area contributed by atoms with E-state index in [9.17, 15) is 9.59 Å². The molecule has 0 radical (unpaired) electrons. The molecule has 0 amide bonds. The molecule has 1 aliphatic rings. The Balaban J connectivity index is 2.18. The van der Waals surface area contributed by atoms with Gasteiger partial charge in [0.25, 0.3) is 0 Å². The maximum atomic E-state index is 12.1. The molecule has 0 aromatic heterocycles. The van der Waals surface area contributed by atoms with Crippen LogP contribution in [0.3, 0.4) is 0 Å². The van der Waals surface area contributed by atoms with Crippen molar-refractivity contribution in [1.29, 1.82) is 0 Å². The van der Waals surface area contributed by atoms with Crippen LogP contribution >= 0.6 is 0 Å². The zero-order chi connectivity index (χ0) is 18.8. The lowest BCUT2D eigenvalue weighted by Crippen LogP contribution is -2.22. The maximum absolute atomic E-state index is 12.1. The molecule has 1 atom stereocenters. The highest BCUT2D eigenvalue weighted by Crippen LogP contribution is 2.52. The molecule has 7 nitrogen and oxygen atoms in total. The Morgan fingerprint density at radius 2 is 1.73 bits per heavy atom. The largest absolute Gasteiger partial charge is 0.493 e. The summed E-state index contributed by atoms with van der Waals surface area (Å²) in [5.41, 5.74) is 1.61. The fourth-order valence-electron chi connectivity index (χ4n) is 3.15. The number of carboxylic acid groups (broad SMARTS) is 1. The minimum Gasteiger partial charge on any atom is -0.493 e. The van der Waals surface area contributed by atoms with E-state index in [-0.39, 0.29) is 23.9 Å². The van der Waals surface area contributed by atoms with Gasteiger partial charge >= 0.3 is 11.9 Å². The molecule has 136 valence electrons. The molecule has 0 saturated heterocycles. The van der Waals surface area contributed by atoms with Crippen molar-refractivity contribution in [2.75, 3.05) is 21.3 Å². The quantitative estimate of drug-likeness (QED) is 0.649. The van der Waals surface area contributed by atoms with Crippen molar-refractivity contribution in [2.24, 2.45) is 0 Å².